The summed E-state index contributed by atoms with van der Waals surface area (Å²) >= 11 is 0. The Morgan fingerprint density at radius 1 is 1.29 bits per heavy atom. The second-order valence-electron chi connectivity index (χ2n) is 9.83. The van der Waals surface area contributed by atoms with Crippen LogP contribution in [0, 0.1) is 22.6 Å². The smallest absolute Gasteiger partial charge is 0.241 e. The third-order valence-corrected chi connectivity index (χ3v) is 7.04. The van der Waals surface area contributed by atoms with E-state index in [1.54, 1.807) is 12.1 Å². The van der Waals surface area contributed by atoms with Gasteiger partial charge in [0.1, 0.15) is 0 Å². The Labute approximate surface area is 201 Å². The van der Waals surface area contributed by atoms with Crippen molar-refractivity contribution in [1.29, 1.82) is 5.26 Å². The maximum Gasteiger partial charge on any atom is 0.241 e. The van der Waals surface area contributed by atoms with Crippen LogP contribution in [0.25, 0.3) is 16.8 Å². The van der Waals surface area contributed by atoms with Crippen LogP contribution < -0.4 is 5.32 Å². The lowest BCUT2D eigenvalue weighted by molar-refractivity contribution is 0.128. The van der Waals surface area contributed by atoms with Crippen LogP contribution in [0.1, 0.15) is 64.0 Å². The predicted molar refractivity (Wildman–Crippen MR) is 127 cm³/mol. The van der Waals surface area contributed by atoms with Gasteiger partial charge in [-0.2, -0.15) is 5.26 Å². The van der Waals surface area contributed by atoms with Crippen molar-refractivity contribution in [2.75, 3.05) is 5.32 Å². The van der Waals surface area contributed by atoms with Crippen LogP contribution in [-0.4, -0.2) is 37.8 Å². The van der Waals surface area contributed by atoms with Gasteiger partial charge >= 0.3 is 0 Å². The quantitative estimate of drug-likeness (QED) is 0.479. The molecule has 10 heteroatoms. The van der Waals surface area contributed by atoms with E-state index in [2.05, 4.69) is 31.4 Å². The first-order valence-corrected chi connectivity index (χ1v) is 11.8. The molecule has 1 atom stereocenters. The standard InChI is InChI=1S/C25H26F3N7/c1-14-9-15(10-21(27)28)23-19(31-14)4-3-18(33-23)22-17(26)12-35-20(22)11-30-24(34-35)32-16-5-7-25(2,13-29)8-6-16/h3-4,11-12,15-16,21H,5-10H2,1-2H3,(H,32,34). The minimum absolute atomic E-state index is 0.145. The minimum Gasteiger partial charge on any atom is -0.350 e. The van der Waals surface area contributed by atoms with E-state index < -0.39 is 18.2 Å². The molecule has 7 nitrogen and oxygen atoms in total. The zero-order chi connectivity index (χ0) is 24.7. The molecular weight excluding hydrogens is 455 g/mol. The van der Waals surface area contributed by atoms with Gasteiger partial charge < -0.3 is 5.32 Å². The van der Waals surface area contributed by atoms with Crippen LogP contribution in [0.2, 0.25) is 0 Å². The number of rotatable bonds is 5. The zero-order valence-electron chi connectivity index (χ0n) is 19.6. The number of alkyl halides is 2. The van der Waals surface area contributed by atoms with E-state index >= 15 is 4.39 Å². The Morgan fingerprint density at radius 2 is 2.06 bits per heavy atom. The third-order valence-electron chi connectivity index (χ3n) is 7.04. The largest absolute Gasteiger partial charge is 0.350 e. The van der Waals surface area contributed by atoms with Crippen LogP contribution >= 0.6 is 0 Å². The van der Waals surface area contributed by atoms with E-state index in [0.29, 0.717) is 35.0 Å². The lowest BCUT2D eigenvalue weighted by Gasteiger charge is -2.32. The van der Waals surface area contributed by atoms with Crippen molar-refractivity contribution in [3.63, 3.8) is 0 Å². The van der Waals surface area contributed by atoms with Crippen molar-refractivity contribution in [3.8, 4) is 17.3 Å². The third kappa shape index (κ3) is 4.59. The van der Waals surface area contributed by atoms with Crippen LogP contribution in [-0.2, 0) is 0 Å². The molecule has 182 valence electrons. The van der Waals surface area contributed by atoms with Gasteiger partial charge in [-0.3, -0.25) is 9.98 Å². The molecule has 0 saturated heterocycles. The molecule has 1 fully saturated rings. The molecule has 1 saturated carbocycles. The number of halogens is 3. The van der Waals surface area contributed by atoms with Crippen molar-refractivity contribution in [1.82, 2.24) is 19.6 Å². The normalized spacial score (nSPS) is 24.2. The van der Waals surface area contributed by atoms with Gasteiger partial charge in [0.05, 0.1) is 52.0 Å². The number of fused-ring (bicyclic) bond motifs is 2. The SMILES string of the molecule is CC1=Nc2ccc(-c3c(F)cn4nc(NC5CCC(C)(C#N)CC5)ncc34)nc2C(CC(F)F)C1. The van der Waals surface area contributed by atoms with E-state index in [9.17, 15) is 14.0 Å². The van der Waals surface area contributed by atoms with Crippen molar-refractivity contribution in [2.24, 2.45) is 10.4 Å². The summed E-state index contributed by atoms with van der Waals surface area (Å²) in [5, 5.41) is 17.0. The number of nitriles is 1. The Hall–Kier alpha value is -3.48. The van der Waals surface area contributed by atoms with Crippen LogP contribution in [0.15, 0.2) is 29.5 Å². The molecular formula is C25H26F3N7. The number of aromatic nitrogens is 4. The maximum atomic E-state index is 15.1. The van der Waals surface area contributed by atoms with Crippen molar-refractivity contribution < 1.29 is 13.2 Å². The number of anilines is 1. The first-order chi connectivity index (χ1) is 16.7. The van der Waals surface area contributed by atoms with Gasteiger partial charge in [0.25, 0.3) is 0 Å². The molecule has 3 aromatic heterocycles. The van der Waals surface area contributed by atoms with Gasteiger partial charge in [0.2, 0.25) is 12.4 Å². The fourth-order valence-corrected chi connectivity index (χ4v) is 5.06. The van der Waals surface area contributed by atoms with E-state index in [4.69, 9.17) is 0 Å². The zero-order valence-corrected chi connectivity index (χ0v) is 19.6. The molecule has 4 heterocycles. The molecule has 2 aliphatic rings. The minimum atomic E-state index is -2.46. The summed E-state index contributed by atoms with van der Waals surface area (Å²) in [7, 11) is 0. The average molecular weight is 482 g/mol. The topological polar surface area (TPSA) is 91.3 Å². The molecule has 0 radical (unpaired) electrons. The Bertz CT molecular complexity index is 1330. The number of aliphatic imine (C=N–C) groups is 1. The highest BCUT2D eigenvalue weighted by molar-refractivity contribution is 5.88. The van der Waals surface area contributed by atoms with E-state index in [0.717, 1.165) is 31.4 Å². The van der Waals surface area contributed by atoms with E-state index in [1.807, 2.05) is 13.8 Å². The molecule has 0 spiro atoms. The van der Waals surface area contributed by atoms with Gasteiger partial charge in [0, 0.05) is 24.1 Å². The highest BCUT2D eigenvalue weighted by Crippen LogP contribution is 2.39. The molecule has 0 amide bonds. The van der Waals surface area contributed by atoms with Crippen LogP contribution in [0.3, 0.4) is 0 Å². The maximum absolute atomic E-state index is 15.1. The van der Waals surface area contributed by atoms with Gasteiger partial charge in [-0.25, -0.2) is 22.7 Å². The van der Waals surface area contributed by atoms with Gasteiger partial charge in [-0.1, -0.05) is 0 Å². The highest BCUT2D eigenvalue weighted by atomic mass is 19.3. The monoisotopic (exact) mass is 481 g/mol. The number of pyridine rings is 1. The molecule has 35 heavy (non-hydrogen) atoms. The second kappa shape index (κ2) is 8.95. The van der Waals surface area contributed by atoms with Gasteiger partial charge in [-0.05, 0) is 58.1 Å². The molecule has 1 aliphatic heterocycles. The molecule has 1 N–H and O–H groups in total. The number of nitrogens with zero attached hydrogens (tertiary/aromatic N) is 6. The Morgan fingerprint density at radius 3 is 2.77 bits per heavy atom. The van der Waals surface area contributed by atoms with Crippen molar-refractivity contribution in [2.45, 2.75) is 70.8 Å². The summed E-state index contributed by atoms with van der Waals surface area (Å²) in [5.74, 6) is -0.609. The summed E-state index contributed by atoms with van der Waals surface area (Å²) < 4.78 is 42.9. The fourth-order valence-electron chi connectivity index (χ4n) is 5.06. The first-order valence-electron chi connectivity index (χ1n) is 11.8. The molecule has 1 aliphatic carbocycles. The highest BCUT2D eigenvalue weighted by Gasteiger charge is 2.31. The number of nitrogens with one attached hydrogen (secondary N) is 1. The van der Waals surface area contributed by atoms with Crippen LogP contribution in [0.5, 0.6) is 0 Å². The number of hydrogen-bond donors (Lipinski definition) is 1. The Balaban J connectivity index is 1.43. The lowest BCUT2D eigenvalue weighted by atomic mass is 9.75. The van der Waals surface area contributed by atoms with E-state index in [-0.39, 0.29) is 23.4 Å². The molecule has 0 bridgehead atoms. The van der Waals surface area contributed by atoms with Crippen LogP contribution in [0.4, 0.5) is 24.8 Å². The first kappa shape index (κ1) is 23.3. The van der Waals surface area contributed by atoms with Gasteiger partial charge in [0.15, 0.2) is 5.82 Å². The Kier molecular flexibility index (Phi) is 5.95. The molecule has 0 aromatic carbocycles. The van der Waals surface area contributed by atoms with Crippen molar-refractivity contribution >= 4 is 22.9 Å². The fraction of sp³-hybridized carbons (Fsp3) is 0.480. The summed E-state index contributed by atoms with van der Waals surface area (Å²) in [5.41, 5.74) is 2.50. The lowest BCUT2D eigenvalue weighted by Crippen LogP contribution is -2.31. The van der Waals surface area contributed by atoms with E-state index in [1.165, 1.54) is 16.9 Å². The van der Waals surface area contributed by atoms with Gasteiger partial charge in [-0.15, -0.1) is 5.10 Å². The molecule has 1 unspecified atom stereocenters. The molecule has 5 rings (SSSR count). The predicted octanol–water partition coefficient (Wildman–Crippen LogP) is 6.05. The summed E-state index contributed by atoms with van der Waals surface area (Å²) in [4.78, 5) is 13.4. The summed E-state index contributed by atoms with van der Waals surface area (Å²) in [6.45, 7) is 3.79. The molecule has 3 aromatic rings. The average Bonchev–Trinajstić information content (AvgIpc) is 3.15. The van der Waals surface area contributed by atoms with Crippen molar-refractivity contribution in [3.05, 3.63) is 36.0 Å². The summed E-state index contributed by atoms with van der Waals surface area (Å²) in [6.07, 6.45) is 3.68. The number of hydrogen-bond acceptors (Lipinski definition) is 6. The summed E-state index contributed by atoms with van der Waals surface area (Å²) in [6, 6.07) is 5.89. The second-order valence-corrected chi connectivity index (χ2v) is 9.83.